The van der Waals surface area contributed by atoms with Gasteiger partial charge in [0.2, 0.25) is 0 Å². The number of rotatable bonds is 2. The number of para-hydroxylation sites is 4. The van der Waals surface area contributed by atoms with E-state index >= 15 is 0 Å². The van der Waals surface area contributed by atoms with Gasteiger partial charge in [0.25, 0.3) is 0 Å². The van der Waals surface area contributed by atoms with E-state index in [9.17, 15) is 0 Å². The van der Waals surface area contributed by atoms with Crippen molar-refractivity contribution in [3.8, 4) is 23.0 Å². The molecule has 2 aliphatic heterocycles. The van der Waals surface area contributed by atoms with E-state index in [4.69, 9.17) is 18.0 Å². The van der Waals surface area contributed by atoms with Crippen LogP contribution in [0.25, 0.3) is 0 Å². The summed E-state index contributed by atoms with van der Waals surface area (Å²) in [5.74, 6) is 2.39. The molecule has 0 radical (unpaired) electrons. The predicted octanol–water partition coefficient (Wildman–Crippen LogP) is 4.99. The third-order valence-electron chi connectivity index (χ3n) is 6.43. The van der Waals surface area contributed by atoms with Crippen LogP contribution in [-0.4, -0.2) is 81.3 Å². The highest BCUT2D eigenvalue weighted by Crippen LogP contribution is 2.25. The lowest BCUT2D eigenvalue weighted by atomic mass is 10.2. The lowest BCUT2D eigenvalue weighted by Crippen LogP contribution is -2.46. The van der Waals surface area contributed by atoms with Crippen molar-refractivity contribution in [2.45, 2.75) is 0 Å². The molecular weight excluding hydrogens is 574 g/mol. The topological polar surface area (TPSA) is 95.6 Å². The van der Waals surface area contributed by atoms with E-state index in [1.807, 2.05) is 97.1 Å². The molecule has 0 atom stereocenters. The first kappa shape index (κ1) is 28.9. The van der Waals surface area contributed by atoms with E-state index in [0.29, 0.717) is 49.2 Å². The molecular formula is C32H28Al2N4O5. The van der Waals surface area contributed by atoms with E-state index < -0.39 is 30.3 Å². The fourth-order valence-corrected chi connectivity index (χ4v) is 7.72. The second-order valence-electron chi connectivity index (χ2n) is 9.48. The van der Waals surface area contributed by atoms with Crippen LogP contribution in [0.3, 0.4) is 0 Å². The molecule has 6 rings (SSSR count). The summed E-state index contributed by atoms with van der Waals surface area (Å²) in [6.07, 6.45) is 7.15. The summed E-state index contributed by atoms with van der Waals surface area (Å²) in [5, 5.41) is 0. The largest absolute Gasteiger partial charge is 1.07 e. The maximum Gasteiger partial charge on any atom is 1.07 e. The first-order valence-electron chi connectivity index (χ1n) is 14.0. The second kappa shape index (κ2) is 14.8. The molecule has 0 aromatic heterocycles. The maximum absolute atomic E-state index is 6.64. The van der Waals surface area contributed by atoms with Crippen molar-refractivity contribution in [3.05, 3.63) is 119 Å². The molecule has 0 unspecified atom stereocenters. The van der Waals surface area contributed by atoms with Crippen LogP contribution < -0.4 is 15.2 Å². The van der Waals surface area contributed by atoms with Crippen LogP contribution in [0, 0.1) is 0 Å². The third kappa shape index (κ3) is 8.00. The van der Waals surface area contributed by atoms with E-state index in [1.54, 1.807) is 24.9 Å². The molecule has 0 aliphatic carbocycles. The minimum Gasteiger partial charge on any atom is -0.589 e. The third-order valence-corrected chi connectivity index (χ3v) is 9.99. The van der Waals surface area contributed by atoms with Crippen molar-refractivity contribution in [2.24, 2.45) is 20.0 Å². The Kier molecular flexibility index (Phi) is 9.94. The van der Waals surface area contributed by atoms with Crippen LogP contribution in [0.5, 0.6) is 23.0 Å². The van der Waals surface area contributed by atoms with Gasteiger partial charge in [-0.05, 0) is 48.5 Å². The Morgan fingerprint density at radius 1 is 0.395 bits per heavy atom. The van der Waals surface area contributed by atoms with Crippen molar-refractivity contribution >= 4 is 55.2 Å². The molecule has 4 aromatic carbocycles. The van der Waals surface area contributed by atoms with Crippen LogP contribution >= 0.6 is 0 Å². The Labute approximate surface area is 260 Å². The first-order valence-corrected chi connectivity index (χ1v) is 16.8. The lowest BCUT2D eigenvalue weighted by Gasteiger charge is -2.22. The second-order valence-corrected chi connectivity index (χ2v) is 12.7. The smallest absolute Gasteiger partial charge is 0.589 e. The minimum absolute atomic E-state index is 0.549. The maximum atomic E-state index is 6.64. The van der Waals surface area contributed by atoms with Crippen molar-refractivity contribution < 1.29 is 18.0 Å². The molecule has 0 spiro atoms. The van der Waals surface area contributed by atoms with Crippen molar-refractivity contribution in [1.82, 2.24) is 0 Å². The molecule has 212 valence electrons. The van der Waals surface area contributed by atoms with Gasteiger partial charge in [0.1, 0.15) is 0 Å². The summed E-state index contributed by atoms with van der Waals surface area (Å²) in [4.78, 5) is 18.2. The van der Waals surface area contributed by atoms with Gasteiger partial charge in [0.15, 0.2) is 0 Å². The van der Waals surface area contributed by atoms with Gasteiger partial charge in [-0.15, -0.1) is 0 Å². The Morgan fingerprint density at radius 3 is 0.930 bits per heavy atom. The van der Waals surface area contributed by atoms with Crippen molar-refractivity contribution in [2.75, 3.05) is 26.2 Å². The number of hydrogen-bond donors (Lipinski definition) is 0. The average molecular weight is 603 g/mol. The van der Waals surface area contributed by atoms with Crippen LogP contribution in [0.4, 0.5) is 0 Å². The molecule has 0 N–H and O–H groups in total. The molecule has 0 saturated heterocycles. The average Bonchev–Trinajstić information content (AvgIpc) is 3.05. The standard InChI is InChI=1S/2C16H16N2O2.2Al.O/c2*19-15-7-3-1-5-13(15)11-17-9-10-18-12-14-6-2-4-8-16(14)20;;;/h2*1-8,11-12,19-20H,9-10H2;;;/q;;2*+2;/p-4. The zero-order valence-electron chi connectivity index (χ0n) is 23.4. The van der Waals surface area contributed by atoms with Crippen LogP contribution in [0.15, 0.2) is 117 Å². The monoisotopic (exact) mass is 602 g/mol. The van der Waals surface area contributed by atoms with Crippen LogP contribution in [0.2, 0.25) is 0 Å². The Bertz CT molecular complexity index is 1420. The molecule has 11 heteroatoms. The van der Waals surface area contributed by atoms with Crippen molar-refractivity contribution in [3.63, 3.8) is 0 Å². The molecule has 4 aromatic rings. The molecule has 0 fully saturated rings. The summed E-state index contributed by atoms with van der Waals surface area (Å²) in [6.45, 7) is 2.20. The zero-order valence-corrected chi connectivity index (χ0v) is 25.7. The molecule has 0 saturated carbocycles. The van der Waals surface area contributed by atoms with E-state index in [0.717, 1.165) is 22.3 Å². The molecule has 0 amide bonds. The van der Waals surface area contributed by atoms with Gasteiger partial charge >= 0.3 is 30.3 Å². The van der Waals surface area contributed by atoms with E-state index in [-0.39, 0.29) is 0 Å². The number of fused-ring (bicyclic) bond motifs is 4. The van der Waals surface area contributed by atoms with Gasteiger partial charge in [-0.1, -0.05) is 48.5 Å². The molecule has 9 nitrogen and oxygen atoms in total. The van der Waals surface area contributed by atoms with Gasteiger partial charge < -0.3 is 18.0 Å². The number of nitrogens with zero attached hydrogens (tertiary/aromatic N) is 4. The molecule has 2 heterocycles. The zero-order chi connectivity index (χ0) is 29.1. The van der Waals surface area contributed by atoms with E-state index in [1.165, 1.54) is 0 Å². The fraction of sp³-hybridized carbons (Fsp3) is 0.125. The Balaban J connectivity index is 1.40. The molecule has 43 heavy (non-hydrogen) atoms. The lowest BCUT2D eigenvalue weighted by molar-refractivity contribution is 0.236. The number of aliphatic imine (C=N–C) groups is 4. The van der Waals surface area contributed by atoms with Crippen LogP contribution in [-0.2, 0) is 2.84 Å². The Morgan fingerprint density at radius 2 is 0.651 bits per heavy atom. The highest BCUT2D eigenvalue weighted by Gasteiger charge is 2.53. The SMILES string of the molecule is C1=NCCN=Cc2ccccc2[O][Al]([O][Al]2[O]c3ccccc3C=NCCN=Cc3ccccc3[O]2)[O]c2ccccc21. The van der Waals surface area contributed by atoms with Gasteiger partial charge in [-0.3, -0.25) is 20.0 Å². The summed E-state index contributed by atoms with van der Waals surface area (Å²) in [7, 11) is 0. The number of hydrogen-bond acceptors (Lipinski definition) is 9. The number of benzene rings is 4. The van der Waals surface area contributed by atoms with Gasteiger partial charge in [-0.2, -0.15) is 0 Å². The molecule has 0 bridgehead atoms. The predicted molar refractivity (Wildman–Crippen MR) is 171 cm³/mol. The summed E-state index contributed by atoms with van der Waals surface area (Å²) >= 11 is -6.09. The minimum atomic E-state index is -3.04. The highest BCUT2D eigenvalue weighted by molar-refractivity contribution is 6.54. The quantitative estimate of drug-likeness (QED) is 0.302. The summed E-state index contributed by atoms with van der Waals surface area (Å²) in [5.41, 5.74) is 3.24. The fourth-order valence-electron chi connectivity index (χ4n) is 4.33. The summed E-state index contributed by atoms with van der Waals surface area (Å²) in [6, 6.07) is 30.6. The normalized spacial score (nSPS) is 15.0. The van der Waals surface area contributed by atoms with Gasteiger partial charge in [0.05, 0.1) is 49.2 Å². The van der Waals surface area contributed by atoms with Crippen LogP contribution in [0.1, 0.15) is 22.3 Å². The first-order chi connectivity index (χ1) is 21.3. The summed E-state index contributed by atoms with van der Waals surface area (Å²) < 4.78 is 32.7. The van der Waals surface area contributed by atoms with Gasteiger partial charge in [-0.25, -0.2) is 0 Å². The Hall–Kier alpha value is -4.22. The highest BCUT2D eigenvalue weighted by atomic mass is 27.3. The van der Waals surface area contributed by atoms with E-state index in [2.05, 4.69) is 20.0 Å². The molecule has 2 aliphatic rings. The van der Waals surface area contributed by atoms with Crippen molar-refractivity contribution in [1.29, 1.82) is 0 Å². The van der Waals surface area contributed by atoms with Gasteiger partial charge in [0, 0.05) is 47.1 Å².